The van der Waals surface area contributed by atoms with E-state index in [4.69, 9.17) is 4.74 Å². The van der Waals surface area contributed by atoms with Crippen molar-refractivity contribution in [3.8, 4) is 0 Å². The minimum absolute atomic E-state index is 0.211. The van der Waals surface area contributed by atoms with Crippen molar-refractivity contribution >= 4 is 27.5 Å². The summed E-state index contributed by atoms with van der Waals surface area (Å²) in [6.07, 6.45) is 2.37. The lowest BCUT2D eigenvalue weighted by atomic mass is 10.0. The van der Waals surface area contributed by atoms with Crippen LogP contribution in [0.1, 0.15) is 32.0 Å². The first kappa shape index (κ1) is 21.8. The highest BCUT2D eigenvalue weighted by atomic mass is 32.2. The first-order valence-corrected chi connectivity index (χ1v) is 11.4. The minimum atomic E-state index is -3.30. The number of hydrogen-bond donors (Lipinski definition) is 1. The highest BCUT2D eigenvalue weighted by Gasteiger charge is 2.35. The molecule has 2 amide bonds. The Morgan fingerprint density at radius 2 is 1.90 bits per heavy atom. The zero-order valence-corrected chi connectivity index (χ0v) is 18.2. The standard InChI is InChI=1S/C21H25N3O5S/c1-21(2,3)29-20(26)23-17-12-16-18(6-5-11-22-16)24(19(17)25)13-14-7-9-15(10-8-14)30(4,27)28/h5-11,17H,12-13H2,1-4H3,(H,23,26). The van der Waals surface area contributed by atoms with E-state index in [0.29, 0.717) is 11.4 Å². The van der Waals surface area contributed by atoms with Gasteiger partial charge in [0.15, 0.2) is 9.84 Å². The average Bonchev–Trinajstić information content (AvgIpc) is 2.63. The number of carbonyl (C=O) groups excluding carboxylic acids is 2. The number of pyridine rings is 1. The van der Waals surface area contributed by atoms with Gasteiger partial charge in [-0.1, -0.05) is 12.1 Å². The Bertz CT molecular complexity index is 1060. The number of rotatable bonds is 4. The van der Waals surface area contributed by atoms with E-state index in [2.05, 4.69) is 10.3 Å². The maximum atomic E-state index is 13.2. The lowest BCUT2D eigenvalue weighted by Gasteiger charge is -2.34. The van der Waals surface area contributed by atoms with Crippen LogP contribution in [-0.2, 0) is 32.3 Å². The van der Waals surface area contributed by atoms with Gasteiger partial charge in [0, 0.05) is 18.9 Å². The van der Waals surface area contributed by atoms with E-state index >= 15 is 0 Å². The highest BCUT2D eigenvalue weighted by molar-refractivity contribution is 7.90. The average molecular weight is 432 g/mol. The van der Waals surface area contributed by atoms with Crippen molar-refractivity contribution in [3.63, 3.8) is 0 Å². The summed E-state index contributed by atoms with van der Waals surface area (Å²) in [7, 11) is -3.30. The van der Waals surface area contributed by atoms with Crippen molar-refractivity contribution in [1.82, 2.24) is 10.3 Å². The Morgan fingerprint density at radius 3 is 2.50 bits per heavy atom. The largest absolute Gasteiger partial charge is 0.444 e. The first-order chi connectivity index (χ1) is 13.9. The third-order valence-corrected chi connectivity index (χ3v) is 5.63. The molecule has 0 aliphatic carbocycles. The molecule has 0 saturated heterocycles. The number of fused-ring (bicyclic) bond motifs is 1. The lowest BCUT2D eigenvalue weighted by molar-refractivity contribution is -0.121. The fourth-order valence-corrected chi connectivity index (χ4v) is 3.80. The molecule has 1 aliphatic rings. The van der Waals surface area contributed by atoms with Crippen LogP contribution < -0.4 is 10.2 Å². The second-order valence-corrected chi connectivity index (χ2v) is 10.2. The summed E-state index contributed by atoms with van der Waals surface area (Å²) >= 11 is 0. The summed E-state index contributed by atoms with van der Waals surface area (Å²) in [5, 5.41) is 2.64. The molecular weight excluding hydrogens is 406 g/mol. The van der Waals surface area contributed by atoms with Crippen LogP contribution >= 0.6 is 0 Å². The number of carbonyl (C=O) groups is 2. The molecule has 0 saturated carbocycles. The molecule has 0 radical (unpaired) electrons. The summed E-state index contributed by atoms with van der Waals surface area (Å²) in [6.45, 7) is 5.46. The Kier molecular flexibility index (Phi) is 5.85. The molecule has 2 heterocycles. The number of amides is 2. The van der Waals surface area contributed by atoms with Gasteiger partial charge in [-0.05, 0) is 50.6 Å². The van der Waals surface area contributed by atoms with Crippen molar-refractivity contribution < 1.29 is 22.7 Å². The quantitative estimate of drug-likeness (QED) is 0.797. The number of anilines is 1. The van der Waals surface area contributed by atoms with E-state index in [9.17, 15) is 18.0 Å². The fraction of sp³-hybridized carbons (Fsp3) is 0.381. The number of ether oxygens (including phenoxy) is 1. The van der Waals surface area contributed by atoms with Gasteiger partial charge >= 0.3 is 6.09 Å². The topological polar surface area (TPSA) is 106 Å². The molecular formula is C21H25N3O5S. The predicted molar refractivity (Wildman–Crippen MR) is 112 cm³/mol. The second-order valence-electron chi connectivity index (χ2n) is 8.21. The molecule has 0 spiro atoms. The number of alkyl carbamates (subject to hydrolysis) is 1. The van der Waals surface area contributed by atoms with Crippen LogP contribution in [0.15, 0.2) is 47.5 Å². The summed E-state index contributed by atoms with van der Waals surface area (Å²) in [5.74, 6) is -0.284. The van der Waals surface area contributed by atoms with Gasteiger partial charge < -0.3 is 15.0 Å². The number of nitrogens with one attached hydrogen (secondary N) is 1. The molecule has 1 aliphatic heterocycles. The van der Waals surface area contributed by atoms with Crippen LogP contribution in [0.25, 0.3) is 0 Å². The van der Waals surface area contributed by atoms with Crippen molar-refractivity contribution in [2.75, 3.05) is 11.2 Å². The van der Waals surface area contributed by atoms with Gasteiger partial charge in [0.1, 0.15) is 11.6 Å². The SMILES string of the molecule is CC(C)(C)OC(=O)NC1Cc2ncccc2N(Cc2ccc(S(C)(=O)=O)cc2)C1=O. The van der Waals surface area contributed by atoms with E-state index < -0.39 is 27.6 Å². The molecule has 30 heavy (non-hydrogen) atoms. The van der Waals surface area contributed by atoms with Gasteiger partial charge in [-0.3, -0.25) is 9.78 Å². The van der Waals surface area contributed by atoms with Gasteiger partial charge in [-0.2, -0.15) is 0 Å². The fourth-order valence-electron chi connectivity index (χ4n) is 3.17. The molecule has 1 aromatic heterocycles. The molecule has 1 unspecified atom stereocenters. The summed E-state index contributed by atoms with van der Waals surface area (Å²) < 4.78 is 28.6. The molecule has 1 aromatic carbocycles. The molecule has 3 rings (SSSR count). The van der Waals surface area contributed by atoms with Crippen LogP contribution in [0.5, 0.6) is 0 Å². The van der Waals surface area contributed by atoms with E-state index in [1.54, 1.807) is 56.1 Å². The van der Waals surface area contributed by atoms with Crippen LogP contribution in [0.2, 0.25) is 0 Å². The Hall–Kier alpha value is -2.94. The molecule has 1 N–H and O–H groups in total. The zero-order chi connectivity index (χ0) is 22.1. The van der Waals surface area contributed by atoms with E-state index in [-0.39, 0.29) is 23.8 Å². The molecule has 0 fully saturated rings. The van der Waals surface area contributed by atoms with Crippen molar-refractivity contribution in [2.24, 2.45) is 0 Å². The normalized spacial score (nSPS) is 16.7. The predicted octanol–water partition coefficient (Wildman–Crippen LogP) is 2.47. The Labute approximate surface area is 176 Å². The maximum Gasteiger partial charge on any atom is 0.408 e. The molecule has 9 heteroatoms. The third kappa shape index (κ3) is 5.15. The zero-order valence-electron chi connectivity index (χ0n) is 17.4. The van der Waals surface area contributed by atoms with Gasteiger partial charge in [-0.25, -0.2) is 13.2 Å². The second kappa shape index (κ2) is 8.06. The number of benzene rings is 1. The molecule has 2 aromatic rings. The summed E-state index contributed by atoms with van der Waals surface area (Å²) in [6, 6.07) is 9.11. The number of sulfone groups is 1. The van der Waals surface area contributed by atoms with Crippen molar-refractivity contribution in [3.05, 3.63) is 53.9 Å². The lowest BCUT2D eigenvalue weighted by Crippen LogP contribution is -2.53. The van der Waals surface area contributed by atoms with Gasteiger partial charge in [-0.15, -0.1) is 0 Å². The van der Waals surface area contributed by atoms with Crippen molar-refractivity contribution in [2.45, 2.75) is 50.3 Å². The van der Waals surface area contributed by atoms with Gasteiger partial charge in [0.05, 0.1) is 22.8 Å². The highest BCUT2D eigenvalue weighted by Crippen LogP contribution is 2.28. The number of hydrogen-bond acceptors (Lipinski definition) is 6. The van der Waals surface area contributed by atoms with Crippen LogP contribution in [0.3, 0.4) is 0 Å². The maximum absolute atomic E-state index is 13.2. The van der Waals surface area contributed by atoms with E-state index in [1.165, 1.54) is 12.1 Å². The van der Waals surface area contributed by atoms with Gasteiger partial charge in [0.25, 0.3) is 0 Å². The van der Waals surface area contributed by atoms with Crippen LogP contribution in [0, 0.1) is 0 Å². The number of aromatic nitrogens is 1. The van der Waals surface area contributed by atoms with Crippen LogP contribution in [-0.4, -0.2) is 43.3 Å². The summed E-state index contributed by atoms with van der Waals surface area (Å²) in [5.41, 5.74) is 1.42. The first-order valence-electron chi connectivity index (χ1n) is 9.48. The Balaban J connectivity index is 1.85. The van der Waals surface area contributed by atoms with Crippen molar-refractivity contribution in [1.29, 1.82) is 0 Å². The smallest absolute Gasteiger partial charge is 0.408 e. The van der Waals surface area contributed by atoms with Gasteiger partial charge in [0.2, 0.25) is 5.91 Å². The van der Waals surface area contributed by atoms with E-state index in [0.717, 1.165) is 11.8 Å². The Morgan fingerprint density at radius 1 is 1.23 bits per heavy atom. The van der Waals surface area contributed by atoms with E-state index in [1.807, 2.05) is 0 Å². The monoisotopic (exact) mass is 431 g/mol. The number of nitrogens with zero attached hydrogens (tertiary/aromatic N) is 2. The molecule has 8 nitrogen and oxygen atoms in total. The molecule has 0 bridgehead atoms. The van der Waals surface area contributed by atoms with Crippen LogP contribution in [0.4, 0.5) is 10.5 Å². The third-order valence-electron chi connectivity index (χ3n) is 4.50. The molecule has 1 atom stereocenters. The summed E-state index contributed by atoms with van der Waals surface area (Å²) in [4.78, 5) is 31.5. The minimum Gasteiger partial charge on any atom is -0.444 e. The molecule has 160 valence electrons.